The first kappa shape index (κ1) is 16.9. The molecule has 1 aromatic carbocycles. The van der Waals surface area contributed by atoms with Crippen molar-refractivity contribution in [1.82, 2.24) is 19.9 Å². The van der Waals surface area contributed by atoms with Gasteiger partial charge in [-0.3, -0.25) is 10.1 Å². The molecule has 0 saturated heterocycles. The van der Waals surface area contributed by atoms with Gasteiger partial charge >= 0.3 is 5.69 Å². The molecule has 130 valence electrons. The highest BCUT2D eigenvalue weighted by Crippen LogP contribution is 2.27. The number of aryl methyl sites for hydroxylation is 2. The van der Waals surface area contributed by atoms with Crippen LogP contribution in [0.4, 0.5) is 11.5 Å². The number of hydrogen-bond donors (Lipinski definition) is 1. The highest BCUT2D eigenvalue weighted by molar-refractivity contribution is 6.30. The predicted molar refractivity (Wildman–Crippen MR) is 91.5 cm³/mol. The van der Waals surface area contributed by atoms with E-state index < -0.39 is 4.92 Å². The first-order valence-electron chi connectivity index (χ1n) is 7.46. The van der Waals surface area contributed by atoms with Crippen LogP contribution < -0.4 is 5.32 Å². The quantitative estimate of drug-likeness (QED) is 0.529. The molecular weight excluding hydrogens is 348 g/mol. The summed E-state index contributed by atoms with van der Waals surface area (Å²) >= 11 is 5.85. The minimum atomic E-state index is -0.448. The summed E-state index contributed by atoms with van der Waals surface area (Å²) in [5, 5.41) is 22.8. The van der Waals surface area contributed by atoms with Crippen LogP contribution in [0.2, 0.25) is 5.02 Å². The Morgan fingerprint density at radius 1 is 1.36 bits per heavy atom. The fraction of sp³-hybridized carbons (Fsp3) is 0.267. The topological polar surface area (TPSA) is 112 Å². The monoisotopic (exact) mass is 362 g/mol. The van der Waals surface area contributed by atoms with Crippen LogP contribution in [0.1, 0.15) is 11.6 Å². The molecule has 0 radical (unpaired) electrons. The van der Waals surface area contributed by atoms with Crippen LogP contribution in [0.5, 0.6) is 0 Å². The van der Waals surface area contributed by atoms with E-state index in [1.165, 1.54) is 4.68 Å². The maximum atomic E-state index is 11.1. The lowest BCUT2D eigenvalue weighted by Gasteiger charge is -2.03. The van der Waals surface area contributed by atoms with Crippen molar-refractivity contribution in [2.45, 2.75) is 13.3 Å². The zero-order valence-electron chi connectivity index (χ0n) is 13.6. The van der Waals surface area contributed by atoms with E-state index in [0.717, 1.165) is 5.56 Å². The van der Waals surface area contributed by atoms with Gasteiger partial charge in [-0.25, -0.2) is 4.68 Å². The third-order valence-corrected chi connectivity index (χ3v) is 3.83. The summed E-state index contributed by atoms with van der Waals surface area (Å²) in [4.78, 5) is 15.0. The van der Waals surface area contributed by atoms with Crippen LogP contribution in [0.3, 0.4) is 0 Å². The molecule has 0 spiro atoms. The molecule has 0 aliphatic heterocycles. The van der Waals surface area contributed by atoms with Crippen LogP contribution in [0.15, 0.2) is 28.8 Å². The number of hydrogen-bond acceptors (Lipinski definition) is 7. The molecule has 0 aliphatic rings. The SMILES string of the molecule is Cc1nn(C)c(NCCc2nc(-c3ccc(Cl)cc3)no2)c1[N+](=O)[O-]. The molecule has 1 N–H and O–H groups in total. The van der Waals surface area contributed by atoms with Crippen LogP contribution in [-0.2, 0) is 13.5 Å². The van der Waals surface area contributed by atoms with E-state index in [1.54, 1.807) is 38.2 Å². The fourth-order valence-corrected chi connectivity index (χ4v) is 2.55. The number of halogens is 1. The largest absolute Gasteiger partial charge is 0.364 e. The van der Waals surface area contributed by atoms with E-state index in [1.807, 2.05) is 0 Å². The minimum Gasteiger partial charge on any atom is -0.364 e. The molecule has 0 unspecified atom stereocenters. The van der Waals surface area contributed by atoms with Crippen LogP contribution >= 0.6 is 11.6 Å². The predicted octanol–water partition coefficient (Wildman–Crippen LogP) is 2.99. The number of nitrogens with one attached hydrogen (secondary N) is 1. The molecule has 0 amide bonds. The molecule has 3 aromatic rings. The Balaban J connectivity index is 1.66. The summed E-state index contributed by atoms with van der Waals surface area (Å²) in [7, 11) is 1.65. The highest BCUT2D eigenvalue weighted by Gasteiger charge is 2.23. The molecular formula is C15H15ClN6O3. The maximum Gasteiger partial charge on any atom is 0.333 e. The van der Waals surface area contributed by atoms with Gasteiger partial charge in [-0.2, -0.15) is 10.1 Å². The van der Waals surface area contributed by atoms with Crippen LogP contribution in [0.25, 0.3) is 11.4 Å². The lowest BCUT2D eigenvalue weighted by molar-refractivity contribution is -0.384. The fourth-order valence-electron chi connectivity index (χ4n) is 2.42. The second-order valence-electron chi connectivity index (χ2n) is 5.36. The summed E-state index contributed by atoms with van der Waals surface area (Å²) in [5.74, 6) is 1.24. The van der Waals surface area contributed by atoms with Crippen molar-refractivity contribution in [2.75, 3.05) is 11.9 Å². The molecule has 25 heavy (non-hydrogen) atoms. The molecule has 0 bridgehead atoms. The van der Waals surface area contributed by atoms with E-state index in [2.05, 4.69) is 20.6 Å². The zero-order chi connectivity index (χ0) is 18.0. The number of nitrogens with zero attached hydrogens (tertiary/aromatic N) is 5. The van der Waals surface area contributed by atoms with E-state index in [4.69, 9.17) is 16.1 Å². The van der Waals surface area contributed by atoms with Crippen LogP contribution in [0, 0.1) is 17.0 Å². The average Bonchev–Trinajstić information content (AvgIpc) is 3.13. The lowest BCUT2D eigenvalue weighted by atomic mass is 10.2. The third kappa shape index (κ3) is 3.61. The number of benzene rings is 1. The second-order valence-corrected chi connectivity index (χ2v) is 5.80. The third-order valence-electron chi connectivity index (χ3n) is 3.58. The smallest absolute Gasteiger partial charge is 0.333 e. The number of anilines is 1. The maximum absolute atomic E-state index is 11.1. The first-order valence-corrected chi connectivity index (χ1v) is 7.84. The van der Waals surface area contributed by atoms with Gasteiger partial charge in [0.05, 0.1) is 4.92 Å². The van der Waals surface area contributed by atoms with Crippen molar-refractivity contribution in [3.63, 3.8) is 0 Å². The Morgan fingerprint density at radius 3 is 2.76 bits per heavy atom. The molecule has 9 nitrogen and oxygen atoms in total. The molecule has 2 heterocycles. The van der Waals surface area contributed by atoms with Gasteiger partial charge in [0.1, 0.15) is 5.69 Å². The van der Waals surface area contributed by atoms with Crippen molar-refractivity contribution in [1.29, 1.82) is 0 Å². The normalized spacial score (nSPS) is 10.8. The number of rotatable bonds is 6. The molecule has 3 rings (SSSR count). The highest BCUT2D eigenvalue weighted by atomic mass is 35.5. The number of aromatic nitrogens is 4. The molecule has 2 aromatic heterocycles. The Kier molecular flexibility index (Phi) is 4.66. The Labute approximate surface area is 147 Å². The van der Waals surface area contributed by atoms with Crippen molar-refractivity contribution in [3.8, 4) is 11.4 Å². The van der Waals surface area contributed by atoms with E-state index in [0.29, 0.717) is 41.2 Å². The average molecular weight is 363 g/mol. The lowest BCUT2D eigenvalue weighted by Crippen LogP contribution is -2.10. The molecule has 0 saturated carbocycles. The molecule has 10 heteroatoms. The van der Waals surface area contributed by atoms with Crippen molar-refractivity contribution < 1.29 is 9.45 Å². The van der Waals surface area contributed by atoms with Crippen molar-refractivity contribution >= 4 is 23.1 Å². The van der Waals surface area contributed by atoms with Gasteiger partial charge in [0.25, 0.3) is 0 Å². The standard InChI is InChI=1S/C15H15ClN6O3/c1-9-13(22(23)24)15(21(2)19-9)17-8-7-12-18-14(20-25-12)10-3-5-11(16)6-4-10/h3-6,17H,7-8H2,1-2H3. The van der Waals surface area contributed by atoms with Gasteiger partial charge in [-0.05, 0) is 31.2 Å². The summed E-state index contributed by atoms with van der Waals surface area (Å²) in [5.41, 5.74) is 1.12. The Hall–Kier alpha value is -2.94. The summed E-state index contributed by atoms with van der Waals surface area (Å²) in [6, 6.07) is 7.10. The summed E-state index contributed by atoms with van der Waals surface area (Å²) < 4.78 is 6.65. The van der Waals surface area contributed by atoms with Gasteiger partial charge < -0.3 is 9.84 Å². The van der Waals surface area contributed by atoms with Crippen molar-refractivity contribution in [2.24, 2.45) is 7.05 Å². The first-order chi connectivity index (χ1) is 12.0. The van der Waals surface area contributed by atoms with Gasteiger partial charge in [0.15, 0.2) is 0 Å². The molecule has 0 fully saturated rings. The van der Waals surface area contributed by atoms with Crippen molar-refractivity contribution in [3.05, 3.63) is 51.0 Å². The van der Waals surface area contributed by atoms with Gasteiger partial charge in [-0.15, -0.1) is 0 Å². The van der Waals surface area contributed by atoms with Crippen LogP contribution in [-0.4, -0.2) is 31.4 Å². The second kappa shape index (κ2) is 6.89. The molecule has 0 aliphatic carbocycles. The zero-order valence-corrected chi connectivity index (χ0v) is 14.3. The van der Waals surface area contributed by atoms with E-state index in [9.17, 15) is 10.1 Å². The van der Waals surface area contributed by atoms with E-state index >= 15 is 0 Å². The number of nitro groups is 1. The van der Waals surface area contributed by atoms with Gasteiger partial charge in [0, 0.05) is 30.6 Å². The van der Waals surface area contributed by atoms with Gasteiger partial charge in [0.2, 0.25) is 17.5 Å². The summed E-state index contributed by atoms with van der Waals surface area (Å²) in [6.07, 6.45) is 0.419. The minimum absolute atomic E-state index is 0.0325. The summed E-state index contributed by atoms with van der Waals surface area (Å²) in [6.45, 7) is 1.99. The van der Waals surface area contributed by atoms with Gasteiger partial charge in [-0.1, -0.05) is 16.8 Å². The molecule has 0 atom stereocenters. The Bertz CT molecular complexity index is 903. The Morgan fingerprint density at radius 2 is 2.08 bits per heavy atom. The van der Waals surface area contributed by atoms with E-state index in [-0.39, 0.29) is 5.69 Å².